The lowest BCUT2D eigenvalue weighted by molar-refractivity contribution is -0.154. The quantitative estimate of drug-likeness (QED) is 0.602. The zero-order valence-corrected chi connectivity index (χ0v) is 15.3. The molecule has 26 heavy (non-hydrogen) atoms. The predicted octanol–water partition coefficient (Wildman–Crippen LogP) is 4.04. The van der Waals surface area contributed by atoms with Crippen LogP contribution in [0.15, 0.2) is 60.7 Å². The van der Waals surface area contributed by atoms with Crippen molar-refractivity contribution >= 4 is 11.8 Å². The highest BCUT2D eigenvalue weighted by Crippen LogP contribution is 2.34. The molecule has 0 amide bonds. The number of hydrogen-bond donors (Lipinski definition) is 0. The van der Waals surface area contributed by atoms with Crippen LogP contribution in [0, 0.1) is 11.3 Å². The summed E-state index contributed by atoms with van der Waals surface area (Å²) in [6.45, 7) is 5.83. The number of benzene rings is 2. The van der Waals surface area contributed by atoms with Gasteiger partial charge in [0, 0.05) is 11.0 Å². The van der Waals surface area contributed by atoms with E-state index in [1.807, 2.05) is 69.3 Å². The number of Topliss-reactive ketones (excluding diaryl/α,β-unsaturated/α-hetero) is 1. The van der Waals surface area contributed by atoms with Gasteiger partial charge in [-0.05, 0) is 12.0 Å². The number of ether oxygens (including phenoxy) is 2. The topological polar surface area (TPSA) is 52.6 Å². The highest BCUT2D eigenvalue weighted by molar-refractivity contribution is 6.01. The molecule has 1 aliphatic heterocycles. The highest BCUT2D eigenvalue weighted by Gasteiger charge is 2.47. The molecule has 1 heterocycles. The van der Waals surface area contributed by atoms with Crippen LogP contribution in [-0.2, 0) is 20.7 Å². The van der Waals surface area contributed by atoms with Gasteiger partial charge in [0.15, 0.2) is 11.9 Å². The molecule has 0 aromatic heterocycles. The second-order valence-electron chi connectivity index (χ2n) is 7.72. The van der Waals surface area contributed by atoms with Crippen LogP contribution in [0.2, 0.25) is 0 Å². The summed E-state index contributed by atoms with van der Waals surface area (Å²) in [4.78, 5) is 25.6. The van der Waals surface area contributed by atoms with Gasteiger partial charge in [0.2, 0.25) is 6.29 Å². The third-order valence-corrected chi connectivity index (χ3v) is 4.49. The molecule has 0 radical (unpaired) electrons. The number of rotatable bonds is 5. The number of ketones is 1. The molecule has 0 aliphatic carbocycles. The minimum absolute atomic E-state index is 0.106. The Bertz CT molecular complexity index is 762. The lowest BCUT2D eigenvalue weighted by atomic mass is 9.87. The van der Waals surface area contributed by atoms with E-state index in [1.165, 1.54) is 0 Å². The Hall–Kier alpha value is -2.46. The van der Waals surface area contributed by atoms with Crippen LogP contribution in [0.3, 0.4) is 0 Å². The van der Waals surface area contributed by atoms with Gasteiger partial charge in [-0.1, -0.05) is 81.4 Å². The Labute approximate surface area is 154 Å². The van der Waals surface area contributed by atoms with E-state index in [0.717, 1.165) is 5.56 Å². The molecular formula is C22H24O4. The van der Waals surface area contributed by atoms with Crippen molar-refractivity contribution in [3.63, 3.8) is 0 Å². The molecule has 0 N–H and O–H groups in total. The first-order valence-corrected chi connectivity index (χ1v) is 8.85. The standard InChI is InChI=1S/C22H24O4/c1-22(2,3)21-25-19(20(24)26-21)17(14-15-10-6-4-7-11-15)18(23)16-12-8-5-9-13-16/h4-13,17,19,21H,14H2,1-3H3/t17?,19-,21-/m0/s1. The van der Waals surface area contributed by atoms with Crippen LogP contribution < -0.4 is 0 Å². The zero-order valence-electron chi connectivity index (χ0n) is 15.3. The first-order chi connectivity index (χ1) is 12.4. The fourth-order valence-corrected chi connectivity index (χ4v) is 3.05. The molecule has 4 nitrogen and oxygen atoms in total. The van der Waals surface area contributed by atoms with Gasteiger partial charge in [-0.15, -0.1) is 0 Å². The summed E-state index contributed by atoms with van der Waals surface area (Å²) < 4.78 is 11.4. The largest absolute Gasteiger partial charge is 0.433 e. The molecule has 2 aromatic rings. The van der Waals surface area contributed by atoms with Crippen LogP contribution in [0.1, 0.15) is 36.7 Å². The van der Waals surface area contributed by atoms with E-state index >= 15 is 0 Å². The smallest absolute Gasteiger partial charge is 0.338 e. The van der Waals surface area contributed by atoms with Gasteiger partial charge in [-0.3, -0.25) is 4.79 Å². The highest BCUT2D eigenvalue weighted by atomic mass is 16.8. The fraction of sp³-hybridized carbons (Fsp3) is 0.364. The second-order valence-corrected chi connectivity index (χ2v) is 7.72. The Morgan fingerprint density at radius 2 is 1.58 bits per heavy atom. The van der Waals surface area contributed by atoms with Crippen LogP contribution >= 0.6 is 0 Å². The van der Waals surface area contributed by atoms with E-state index in [9.17, 15) is 9.59 Å². The average molecular weight is 352 g/mol. The number of carbonyl (C=O) groups excluding carboxylic acids is 2. The van der Waals surface area contributed by atoms with Crippen molar-refractivity contribution in [1.82, 2.24) is 0 Å². The lowest BCUT2D eigenvalue weighted by Crippen LogP contribution is -2.36. The molecule has 1 aliphatic rings. The molecule has 1 saturated heterocycles. The van der Waals surface area contributed by atoms with Crippen LogP contribution in [-0.4, -0.2) is 24.1 Å². The zero-order chi connectivity index (χ0) is 18.7. The van der Waals surface area contributed by atoms with E-state index < -0.39 is 24.3 Å². The van der Waals surface area contributed by atoms with E-state index in [2.05, 4.69) is 0 Å². The van der Waals surface area contributed by atoms with Gasteiger partial charge < -0.3 is 9.47 Å². The van der Waals surface area contributed by atoms with Gasteiger partial charge in [-0.25, -0.2) is 4.79 Å². The molecule has 4 heteroatoms. The Kier molecular flexibility index (Phi) is 5.23. The third-order valence-electron chi connectivity index (χ3n) is 4.49. The number of carbonyl (C=O) groups is 2. The summed E-state index contributed by atoms with van der Waals surface area (Å²) in [6, 6.07) is 18.7. The molecular weight excluding hydrogens is 328 g/mol. The Morgan fingerprint density at radius 1 is 1.00 bits per heavy atom. The van der Waals surface area contributed by atoms with Crippen LogP contribution in [0.5, 0.6) is 0 Å². The summed E-state index contributed by atoms with van der Waals surface area (Å²) in [7, 11) is 0. The van der Waals surface area contributed by atoms with E-state index in [0.29, 0.717) is 12.0 Å². The minimum Gasteiger partial charge on any atom is -0.433 e. The van der Waals surface area contributed by atoms with Gasteiger partial charge in [0.05, 0.1) is 5.92 Å². The molecule has 3 rings (SSSR count). The summed E-state index contributed by atoms with van der Waals surface area (Å²) in [6.07, 6.45) is -1.13. The summed E-state index contributed by atoms with van der Waals surface area (Å²) in [5.74, 6) is -1.19. The van der Waals surface area contributed by atoms with Crippen molar-refractivity contribution in [3.8, 4) is 0 Å². The van der Waals surface area contributed by atoms with Crippen molar-refractivity contribution in [2.75, 3.05) is 0 Å². The van der Waals surface area contributed by atoms with Gasteiger partial charge >= 0.3 is 5.97 Å². The predicted molar refractivity (Wildman–Crippen MR) is 98.6 cm³/mol. The molecule has 1 unspecified atom stereocenters. The SMILES string of the molecule is CC(C)(C)[C@@H]1OC(=O)[C@H](C(Cc2ccccc2)C(=O)c2ccccc2)O1. The van der Waals surface area contributed by atoms with Crippen molar-refractivity contribution in [3.05, 3.63) is 71.8 Å². The van der Waals surface area contributed by atoms with Crippen molar-refractivity contribution in [2.24, 2.45) is 11.3 Å². The molecule has 1 fully saturated rings. The molecule has 0 saturated carbocycles. The minimum atomic E-state index is -0.896. The molecule has 3 atom stereocenters. The number of cyclic esters (lactones) is 1. The van der Waals surface area contributed by atoms with Crippen molar-refractivity contribution in [1.29, 1.82) is 0 Å². The Balaban J connectivity index is 1.90. The molecule has 0 bridgehead atoms. The lowest BCUT2D eigenvalue weighted by Gasteiger charge is -2.25. The van der Waals surface area contributed by atoms with Gasteiger partial charge in [0.25, 0.3) is 0 Å². The monoisotopic (exact) mass is 352 g/mol. The van der Waals surface area contributed by atoms with E-state index in [4.69, 9.17) is 9.47 Å². The fourth-order valence-electron chi connectivity index (χ4n) is 3.05. The number of esters is 1. The summed E-state index contributed by atoms with van der Waals surface area (Å²) >= 11 is 0. The van der Waals surface area contributed by atoms with Gasteiger partial charge in [0.1, 0.15) is 0 Å². The van der Waals surface area contributed by atoms with Crippen molar-refractivity contribution in [2.45, 2.75) is 39.6 Å². The van der Waals surface area contributed by atoms with Crippen LogP contribution in [0.25, 0.3) is 0 Å². The summed E-state index contributed by atoms with van der Waals surface area (Å²) in [5.41, 5.74) is 1.21. The normalized spacial score (nSPS) is 21.3. The first kappa shape index (κ1) is 18.3. The molecule has 136 valence electrons. The van der Waals surface area contributed by atoms with Gasteiger partial charge in [-0.2, -0.15) is 0 Å². The maximum Gasteiger partial charge on any atom is 0.338 e. The number of hydrogen-bond acceptors (Lipinski definition) is 4. The third kappa shape index (κ3) is 4.02. The maximum atomic E-state index is 13.2. The van der Waals surface area contributed by atoms with Crippen LogP contribution in [0.4, 0.5) is 0 Å². The second kappa shape index (κ2) is 7.42. The van der Waals surface area contributed by atoms with E-state index in [1.54, 1.807) is 12.1 Å². The average Bonchev–Trinajstić information content (AvgIpc) is 3.03. The van der Waals surface area contributed by atoms with Crippen molar-refractivity contribution < 1.29 is 19.1 Å². The maximum absolute atomic E-state index is 13.2. The van der Waals surface area contributed by atoms with E-state index in [-0.39, 0.29) is 11.2 Å². The Morgan fingerprint density at radius 3 is 2.12 bits per heavy atom. The molecule has 2 aromatic carbocycles. The molecule has 0 spiro atoms. The first-order valence-electron chi connectivity index (χ1n) is 8.85. The summed E-state index contributed by atoms with van der Waals surface area (Å²) in [5, 5.41) is 0.